The zero-order chi connectivity index (χ0) is 14.7. The Kier molecular flexibility index (Phi) is 4.44. The van der Waals surface area contributed by atoms with Crippen molar-refractivity contribution in [2.75, 3.05) is 0 Å². The van der Waals surface area contributed by atoms with Gasteiger partial charge in [0, 0.05) is 12.5 Å². The van der Waals surface area contributed by atoms with E-state index in [2.05, 4.69) is 10.1 Å². The molecule has 20 heavy (non-hydrogen) atoms. The molecule has 0 amide bonds. The second-order valence-electron chi connectivity index (χ2n) is 4.73. The molecule has 0 spiro atoms. The minimum Gasteiger partial charge on any atom is -0.392 e. The summed E-state index contributed by atoms with van der Waals surface area (Å²) in [6.07, 6.45) is 0.126. The van der Waals surface area contributed by atoms with Crippen molar-refractivity contribution >= 4 is 0 Å². The average Bonchev–Trinajstić information content (AvgIpc) is 2.88. The predicted octanol–water partition coefficient (Wildman–Crippen LogP) is 2.81. The molecule has 2 atom stereocenters. The van der Waals surface area contributed by atoms with Crippen LogP contribution in [0.25, 0.3) is 0 Å². The highest BCUT2D eigenvalue weighted by molar-refractivity contribution is 5.21. The maximum absolute atomic E-state index is 13.5. The van der Waals surface area contributed by atoms with Crippen LogP contribution < -0.4 is 0 Å². The number of halogens is 2. The summed E-state index contributed by atoms with van der Waals surface area (Å²) in [6.45, 7) is 3.64. The molecule has 2 aromatic rings. The molecule has 4 nitrogen and oxygen atoms in total. The van der Waals surface area contributed by atoms with Crippen LogP contribution in [0.3, 0.4) is 0 Å². The second-order valence-corrected chi connectivity index (χ2v) is 4.73. The van der Waals surface area contributed by atoms with Gasteiger partial charge in [0.1, 0.15) is 11.6 Å². The molecule has 0 saturated carbocycles. The molecule has 1 heterocycles. The van der Waals surface area contributed by atoms with Gasteiger partial charge in [-0.1, -0.05) is 25.1 Å². The molecule has 0 aliphatic rings. The Morgan fingerprint density at radius 1 is 1.35 bits per heavy atom. The molecule has 0 saturated heterocycles. The molecule has 1 N–H and O–H groups in total. The van der Waals surface area contributed by atoms with Crippen molar-refractivity contribution in [1.29, 1.82) is 0 Å². The van der Waals surface area contributed by atoms with Crippen LogP contribution in [-0.2, 0) is 6.42 Å². The topological polar surface area (TPSA) is 59.2 Å². The monoisotopic (exact) mass is 282 g/mol. The normalized spacial score (nSPS) is 14.2. The molecule has 2 rings (SSSR count). The number of benzene rings is 1. The van der Waals surface area contributed by atoms with E-state index in [4.69, 9.17) is 4.52 Å². The maximum atomic E-state index is 13.5. The number of hydrogen-bond acceptors (Lipinski definition) is 4. The van der Waals surface area contributed by atoms with Gasteiger partial charge < -0.3 is 9.63 Å². The van der Waals surface area contributed by atoms with E-state index in [0.29, 0.717) is 23.7 Å². The quantitative estimate of drug-likeness (QED) is 0.916. The molecular formula is C14H16F2N2O2. The maximum Gasteiger partial charge on any atom is 0.232 e. The fourth-order valence-corrected chi connectivity index (χ4v) is 1.88. The van der Waals surface area contributed by atoms with Crippen LogP contribution in [0.2, 0.25) is 0 Å². The van der Waals surface area contributed by atoms with Gasteiger partial charge in [-0.15, -0.1) is 0 Å². The molecule has 1 aromatic carbocycles. The second kappa shape index (κ2) is 6.09. The summed E-state index contributed by atoms with van der Waals surface area (Å²) in [5.41, 5.74) is 0.294. The molecule has 108 valence electrons. The number of hydrogen-bond donors (Lipinski definition) is 1. The number of rotatable bonds is 5. The molecular weight excluding hydrogens is 266 g/mol. The van der Waals surface area contributed by atoms with Crippen LogP contribution in [0.5, 0.6) is 0 Å². The molecule has 0 fully saturated rings. The summed E-state index contributed by atoms with van der Waals surface area (Å²) < 4.78 is 31.4. The third-order valence-corrected chi connectivity index (χ3v) is 3.23. The first kappa shape index (κ1) is 14.6. The Morgan fingerprint density at radius 3 is 2.75 bits per heavy atom. The van der Waals surface area contributed by atoms with Gasteiger partial charge in [0.15, 0.2) is 5.82 Å². The van der Waals surface area contributed by atoms with Crippen molar-refractivity contribution in [3.63, 3.8) is 0 Å². The molecule has 0 aliphatic heterocycles. The SMILES string of the molecule is CCC(O)C(C)c1nc(Cc2ccc(F)cc2F)no1. The largest absolute Gasteiger partial charge is 0.392 e. The smallest absolute Gasteiger partial charge is 0.232 e. The van der Waals surface area contributed by atoms with Crippen molar-refractivity contribution in [2.24, 2.45) is 0 Å². The molecule has 0 aliphatic carbocycles. The number of aromatic nitrogens is 2. The van der Waals surface area contributed by atoms with E-state index in [-0.39, 0.29) is 12.3 Å². The minimum atomic E-state index is -0.641. The van der Waals surface area contributed by atoms with Gasteiger partial charge in [0.05, 0.1) is 12.0 Å². The fraction of sp³-hybridized carbons (Fsp3) is 0.429. The summed E-state index contributed by atoms with van der Waals surface area (Å²) in [5, 5.41) is 13.5. The minimum absolute atomic E-state index is 0.116. The van der Waals surface area contributed by atoms with E-state index in [1.54, 1.807) is 6.92 Å². The molecule has 6 heteroatoms. The van der Waals surface area contributed by atoms with E-state index < -0.39 is 17.7 Å². The molecule has 0 radical (unpaired) electrons. The van der Waals surface area contributed by atoms with E-state index in [1.807, 2.05) is 6.92 Å². The first-order valence-corrected chi connectivity index (χ1v) is 6.45. The van der Waals surface area contributed by atoms with Crippen molar-refractivity contribution in [2.45, 2.75) is 38.7 Å². The van der Waals surface area contributed by atoms with Crippen LogP contribution >= 0.6 is 0 Å². The fourth-order valence-electron chi connectivity index (χ4n) is 1.88. The van der Waals surface area contributed by atoms with Gasteiger partial charge in [0.2, 0.25) is 5.89 Å². The number of nitrogens with zero attached hydrogens (tertiary/aromatic N) is 2. The predicted molar refractivity (Wildman–Crippen MR) is 68.2 cm³/mol. The molecule has 0 bridgehead atoms. The standard InChI is InChI=1S/C14H16F2N2O2/c1-3-12(19)8(2)14-17-13(18-20-14)6-9-4-5-10(15)7-11(9)16/h4-5,7-8,12,19H,3,6H2,1-2H3. The number of aliphatic hydroxyl groups excluding tert-OH is 1. The van der Waals surface area contributed by atoms with E-state index in [0.717, 1.165) is 6.07 Å². The van der Waals surface area contributed by atoms with Crippen LogP contribution in [0.4, 0.5) is 8.78 Å². The molecule has 1 aromatic heterocycles. The van der Waals surface area contributed by atoms with Gasteiger partial charge >= 0.3 is 0 Å². The van der Waals surface area contributed by atoms with Crippen LogP contribution in [0.15, 0.2) is 22.7 Å². The summed E-state index contributed by atoms with van der Waals surface area (Å²) in [5.74, 6) is -0.922. The van der Waals surface area contributed by atoms with Crippen molar-refractivity contribution in [3.05, 3.63) is 47.1 Å². The van der Waals surface area contributed by atoms with Crippen molar-refractivity contribution < 1.29 is 18.4 Å². The Labute approximate surface area is 115 Å². The highest BCUT2D eigenvalue weighted by Crippen LogP contribution is 2.20. The van der Waals surface area contributed by atoms with Crippen LogP contribution in [0, 0.1) is 11.6 Å². The summed E-state index contributed by atoms with van der Waals surface area (Å²) in [6, 6.07) is 3.35. The van der Waals surface area contributed by atoms with Gasteiger partial charge in [-0.25, -0.2) is 8.78 Å². The molecule has 2 unspecified atom stereocenters. The lowest BCUT2D eigenvalue weighted by Gasteiger charge is -2.11. The van der Waals surface area contributed by atoms with Crippen molar-refractivity contribution in [1.82, 2.24) is 10.1 Å². The van der Waals surface area contributed by atoms with Gasteiger partial charge in [-0.3, -0.25) is 0 Å². The van der Waals surface area contributed by atoms with Gasteiger partial charge in [-0.05, 0) is 18.1 Å². The lowest BCUT2D eigenvalue weighted by molar-refractivity contribution is 0.129. The Morgan fingerprint density at radius 2 is 2.10 bits per heavy atom. The Bertz CT molecular complexity index is 586. The van der Waals surface area contributed by atoms with E-state index in [1.165, 1.54) is 12.1 Å². The van der Waals surface area contributed by atoms with Gasteiger partial charge in [-0.2, -0.15) is 4.98 Å². The highest BCUT2D eigenvalue weighted by atomic mass is 19.1. The van der Waals surface area contributed by atoms with Gasteiger partial charge in [0.25, 0.3) is 0 Å². The zero-order valence-electron chi connectivity index (χ0n) is 11.3. The van der Waals surface area contributed by atoms with Crippen LogP contribution in [-0.4, -0.2) is 21.4 Å². The lowest BCUT2D eigenvalue weighted by atomic mass is 10.0. The van der Waals surface area contributed by atoms with Crippen molar-refractivity contribution in [3.8, 4) is 0 Å². The Balaban J connectivity index is 2.13. The van der Waals surface area contributed by atoms with E-state index in [9.17, 15) is 13.9 Å². The zero-order valence-corrected chi connectivity index (χ0v) is 11.3. The Hall–Kier alpha value is -1.82. The summed E-state index contributed by atoms with van der Waals surface area (Å²) >= 11 is 0. The third kappa shape index (κ3) is 3.19. The summed E-state index contributed by atoms with van der Waals surface area (Å²) in [7, 11) is 0. The van der Waals surface area contributed by atoms with Crippen LogP contribution in [0.1, 0.15) is 43.5 Å². The third-order valence-electron chi connectivity index (χ3n) is 3.23. The average molecular weight is 282 g/mol. The first-order chi connectivity index (χ1) is 9.51. The van der Waals surface area contributed by atoms with E-state index >= 15 is 0 Å². The first-order valence-electron chi connectivity index (χ1n) is 6.45. The number of aliphatic hydroxyl groups is 1. The lowest BCUT2D eigenvalue weighted by Crippen LogP contribution is -2.14. The highest BCUT2D eigenvalue weighted by Gasteiger charge is 2.21. The summed E-state index contributed by atoms with van der Waals surface area (Å²) in [4.78, 5) is 4.14.